The highest BCUT2D eigenvalue weighted by Crippen LogP contribution is 2.36. The Morgan fingerprint density at radius 3 is 2.32 bits per heavy atom. The molecule has 0 spiro atoms. The second kappa shape index (κ2) is 9.17. The summed E-state index contributed by atoms with van der Waals surface area (Å²) in [5.41, 5.74) is 7.65. The Kier molecular flexibility index (Phi) is 6.18. The predicted octanol–water partition coefficient (Wildman–Crippen LogP) is 3.07. The molecule has 5 aliphatic rings. The van der Waals surface area contributed by atoms with Crippen molar-refractivity contribution in [2.45, 2.75) is 77.3 Å². The van der Waals surface area contributed by atoms with Crippen molar-refractivity contribution in [1.29, 1.82) is 0 Å². The first kappa shape index (κ1) is 22.9. The third-order valence-corrected chi connectivity index (χ3v) is 9.03. The van der Waals surface area contributed by atoms with Crippen molar-refractivity contribution in [2.24, 2.45) is 0 Å². The van der Waals surface area contributed by atoms with Crippen LogP contribution in [0.4, 0.5) is 0 Å². The molecule has 7 rings (SSSR count). The van der Waals surface area contributed by atoms with Crippen LogP contribution in [0.5, 0.6) is 0 Å². The van der Waals surface area contributed by atoms with Gasteiger partial charge < -0.3 is 4.90 Å². The van der Waals surface area contributed by atoms with Gasteiger partial charge in [0.1, 0.15) is 0 Å². The van der Waals surface area contributed by atoms with Gasteiger partial charge in [-0.3, -0.25) is 24.1 Å². The lowest BCUT2D eigenvalue weighted by atomic mass is 9.86. The number of pyridine rings is 2. The van der Waals surface area contributed by atoms with Crippen molar-refractivity contribution >= 4 is 12.8 Å². The van der Waals surface area contributed by atoms with Crippen LogP contribution in [0.15, 0.2) is 24.4 Å². The van der Waals surface area contributed by atoms with Crippen LogP contribution in [-0.2, 0) is 19.5 Å². The third kappa shape index (κ3) is 4.30. The van der Waals surface area contributed by atoms with Gasteiger partial charge in [0.25, 0.3) is 0 Å². The molecule has 0 aromatic carbocycles. The van der Waals surface area contributed by atoms with E-state index in [0.29, 0.717) is 24.2 Å². The first-order chi connectivity index (χ1) is 16.5. The van der Waals surface area contributed by atoms with Crippen LogP contribution in [-0.4, -0.2) is 85.9 Å². The Morgan fingerprint density at radius 1 is 0.941 bits per heavy atom. The van der Waals surface area contributed by atoms with Crippen molar-refractivity contribution in [1.82, 2.24) is 29.0 Å². The van der Waals surface area contributed by atoms with Crippen molar-refractivity contribution in [2.75, 3.05) is 32.7 Å². The monoisotopic (exact) mass is 478 g/mol. The number of piperidine rings is 2. The summed E-state index contributed by atoms with van der Waals surface area (Å²) in [7, 11) is 0. The molecule has 7 heteroatoms. The van der Waals surface area contributed by atoms with Gasteiger partial charge in [-0.05, 0) is 68.1 Å². The second-order valence-electron chi connectivity index (χ2n) is 11.0. The molecule has 0 N–H and O–H groups in total. The molecule has 182 valence electrons. The topological polar surface area (TPSA) is 38.7 Å². The highest BCUT2D eigenvalue weighted by atomic mass is 32.1. The summed E-state index contributed by atoms with van der Waals surface area (Å²) >= 11 is 4.57. The van der Waals surface area contributed by atoms with E-state index in [1.807, 2.05) is 6.20 Å². The van der Waals surface area contributed by atoms with Crippen LogP contribution in [0.1, 0.15) is 53.5 Å². The van der Waals surface area contributed by atoms with Gasteiger partial charge in [-0.2, -0.15) is 0 Å². The lowest BCUT2D eigenvalue weighted by Crippen LogP contribution is -2.67. The summed E-state index contributed by atoms with van der Waals surface area (Å²) in [6.07, 6.45) is 5.55. The first-order valence-electron chi connectivity index (χ1n) is 13.0. The molecule has 2 aromatic rings. The minimum absolute atomic E-state index is 0.655. The molecule has 4 unspecified atom stereocenters. The Balaban J connectivity index is 1.18. The molecule has 2 aromatic heterocycles. The molecule has 4 atom stereocenters. The normalized spacial score (nSPS) is 29.6. The number of thiol groups is 1. The van der Waals surface area contributed by atoms with Crippen molar-refractivity contribution in [3.8, 4) is 0 Å². The van der Waals surface area contributed by atoms with E-state index in [0.717, 1.165) is 49.7 Å². The van der Waals surface area contributed by atoms with E-state index in [9.17, 15) is 0 Å². The van der Waals surface area contributed by atoms with Crippen LogP contribution < -0.4 is 0 Å². The standard InChI is InChI=1S/C27H38N6S/c1-4-30-14-23-10-24(15-30)33(23)13-21-7-18(2)29-19(3)27(21)9-22-8-20(5-6-28-22)12-32-25-11-26(32)17-31(34)16-25/h5-8,23-26,34H,4,9-17H2,1-3H3. The van der Waals surface area contributed by atoms with Gasteiger partial charge in [-0.1, -0.05) is 19.7 Å². The van der Waals surface area contributed by atoms with Crippen LogP contribution >= 0.6 is 12.8 Å². The molecule has 5 fully saturated rings. The number of fused-ring (bicyclic) bond motifs is 4. The van der Waals surface area contributed by atoms with E-state index in [-0.39, 0.29) is 0 Å². The number of likely N-dealkylation sites (N-methyl/N-ethyl adjacent to an activating group) is 1. The molecule has 5 saturated heterocycles. The number of aromatic nitrogens is 2. The van der Waals surface area contributed by atoms with Crippen molar-refractivity contribution in [3.05, 3.63) is 58.2 Å². The van der Waals surface area contributed by atoms with Gasteiger partial charge in [0.05, 0.1) is 0 Å². The number of rotatable bonds is 7. The summed E-state index contributed by atoms with van der Waals surface area (Å²) in [6.45, 7) is 14.4. The fourth-order valence-corrected chi connectivity index (χ4v) is 7.22. The molecule has 5 aliphatic heterocycles. The largest absolute Gasteiger partial charge is 0.301 e. The molecule has 7 heterocycles. The predicted molar refractivity (Wildman–Crippen MR) is 139 cm³/mol. The van der Waals surface area contributed by atoms with Crippen molar-refractivity contribution in [3.63, 3.8) is 0 Å². The average molecular weight is 479 g/mol. The fourth-order valence-electron chi connectivity index (χ4n) is 6.84. The molecule has 0 aliphatic carbocycles. The maximum absolute atomic E-state index is 4.84. The summed E-state index contributed by atoms with van der Waals surface area (Å²) in [5, 5.41) is 0. The number of hydrogen-bond donors (Lipinski definition) is 1. The number of aryl methyl sites for hydroxylation is 2. The SMILES string of the molecule is CCN1CC2CC(C1)N2Cc1cc(C)nc(C)c1Cc1cc(CN2C3CC2CN(S)C3)ccn1. The second-order valence-corrected chi connectivity index (χ2v) is 11.5. The zero-order chi connectivity index (χ0) is 23.4. The smallest absolute Gasteiger partial charge is 0.0451 e. The van der Waals surface area contributed by atoms with Crippen LogP contribution in [0.2, 0.25) is 0 Å². The van der Waals surface area contributed by atoms with Gasteiger partial charge in [0.15, 0.2) is 0 Å². The maximum atomic E-state index is 4.84. The highest BCUT2D eigenvalue weighted by molar-refractivity contribution is 7.77. The molecular formula is C27H38N6S. The Bertz CT molecular complexity index is 1040. The number of piperazine rings is 2. The maximum Gasteiger partial charge on any atom is 0.0451 e. The molecule has 6 nitrogen and oxygen atoms in total. The highest BCUT2D eigenvalue weighted by Gasteiger charge is 2.44. The molecule has 0 amide bonds. The lowest BCUT2D eigenvalue weighted by molar-refractivity contribution is -0.0733. The lowest BCUT2D eigenvalue weighted by Gasteiger charge is -2.56. The van der Waals surface area contributed by atoms with Crippen LogP contribution in [0.25, 0.3) is 0 Å². The number of nitrogens with zero attached hydrogens (tertiary/aromatic N) is 6. The Morgan fingerprint density at radius 2 is 1.62 bits per heavy atom. The van der Waals surface area contributed by atoms with Gasteiger partial charge in [-0.25, -0.2) is 0 Å². The molecule has 4 bridgehead atoms. The first-order valence-corrected chi connectivity index (χ1v) is 13.4. The Labute approximate surface area is 209 Å². The van der Waals surface area contributed by atoms with Gasteiger partial charge >= 0.3 is 0 Å². The van der Waals surface area contributed by atoms with Crippen molar-refractivity contribution < 1.29 is 0 Å². The van der Waals surface area contributed by atoms with E-state index in [4.69, 9.17) is 9.97 Å². The van der Waals surface area contributed by atoms with E-state index in [1.54, 1.807) is 0 Å². The molecular weight excluding hydrogens is 440 g/mol. The zero-order valence-corrected chi connectivity index (χ0v) is 21.7. The number of likely N-dealkylation sites (tertiary alicyclic amines) is 1. The molecule has 34 heavy (non-hydrogen) atoms. The fraction of sp³-hybridized carbons (Fsp3) is 0.630. The van der Waals surface area contributed by atoms with E-state index in [1.165, 1.54) is 49.2 Å². The van der Waals surface area contributed by atoms with Gasteiger partial charge in [-0.15, -0.1) is 0 Å². The zero-order valence-electron chi connectivity index (χ0n) is 20.8. The minimum Gasteiger partial charge on any atom is -0.301 e. The Hall–Kier alpha value is -1.51. The van der Waals surface area contributed by atoms with Crippen LogP contribution in [0, 0.1) is 13.8 Å². The van der Waals surface area contributed by atoms with Gasteiger partial charge in [0.2, 0.25) is 0 Å². The number of hydrogen-bond acceptors (Lipinski definition) is 7. The van der Waals surface area contributed by atoms with E-state index >= 15 is 0 Å². The summed E-state index contributed by atoms with van der Waals surface area (Å²) in [6, 6.07) is 9.58. The minimum atomic E-state index is 0.655. The van der Waals surface area contributed by atoms with Gasteiger partial charge in [0, 0.05) is 93.1 Å². The summed E-state index contributed by atoms with van der Waals surface area (Å²) < 4.78 is 2.17. The van der Waals surface area contributed by atoms with E-state index < -0.39 is 0 Å². The van der Waals surface area contributed by atoms with E-state index in [2.05, 4.69) is 70.8 Å². The van der Waals surface area contributed by atoms with Crippen LogP contribution in [0.3, 0.4) is 0 Å². The molecule has 0 radical (unpaired) electrons. The molecule has 0 saturated carbocycles. The summed E-state index contributed by atoms with van der Waals surface area (Å²) in [5.74, 6) is 0. The summed E-state index contributed by atoms with van der Waals surface area (Å²) in [4.78, 5) is 17.6. The third-order valence-electron chi connectivity index (χ3n) is 8.70. The quantitative estimate of drug-likeness (QED) is 0.617. The average Bonchev–Trinajstić information content (AvgIpc) is 2.83.